The molecule has 0 fully saturated rings. The van der Waals surface area contributed by atoms with E-state index in [0.717, 1.165) is 0 Å². The zero-order chi connectivity index (χ0) is 6.24. The molecule has 0 spiro atoms. The summed E-state index contributed by atoms with van der Waals surface area (Å²) in [6.07, 6.45) is 3.26. The van der Waals surface area contributed by atoms with Gasteiger partial charge in [-0.3, -0.25) is 4.99 Å². The molecule has 0 rings (SSSR count). The minimum absolute atomic E-state index is 0. The number of nitrogens with zero attached hydrogens (tertiary/aromatic N) is 3. The fourth-order valence-electron chi connectivity index (χ4n) is 0.243. The Bertz CT molecular complexity index is 90.2. The van der Waals surface area contributed by atoms with Crippen LogP contribution in [0.3, 0.4) is 0 Å². The van der Waals surface area contributed by atoms with Gasteiger partial charge < -0.3 is 10.3 Å². The van der Waals surface area contributed by atoms with E-state index in [1.165, 1.54) is 0 Å². The molecule has 49 valence electrons. The molecule has 0 aliphatic carbocycles. The van der Waals surface area contributed by atoms with Crippen molar-refractivity contribution in [2.75, 3.05) is 20.8 Å². The van der Waals surface area contributed by atoms with Crippen LogP contribution < -0.4 is 0 Å². The first-order valence-electron chi connectivity index (χ1n) is 2.38. The van der Waals surface area contributed by atoms with Crippen molar-refractivity contribution in [3.8, 4) is 0 Å². The van der Waals surface area contributed by atoms with Crippen LogP contribution in [0.4, 0.5) is 0 Å². The maximum absolute atomic E-state index is 3.84. The first kappa shape index (κ1) is 12.1. The monoisotopic (exact) mass is 201 g/mol. The topological polar surface area (TPSA) is 38.8 Å². The van der Waals surface area contributed by atoms with Gasteiger partial charge in [-0.25, -0.2) is 0 Å². The molecular formula is C5H10N3Y-. The van der Waals surface area contributed by atoms with Crippen LogP contribution in [0.5, 0.6) is 0 Å². The van der Waals surface area contributed by atoms with E-state index in [0.29, 0.717) is 6.67 Å². The molecule has 4 heteroatoms. The van der Waals surface area contributed by atoms with Gasteiger partial charge in [0.25, 0.3) is 0 Å². The molecule has 0 aromatic rings. The van der Waals surface area contributed by atoms with E-state index in [4.69, 9.17) is 0 Å². The predicted octanol–water partition coefficient (Wildman–Crippen LogP) is 0.716. The number of rotatable bonds is 3. The molecule has 0 N–H and O–H groups in total. The van der Waals surface area contributed by atoms with Crippen LogP contribution in [0.2, 0.25) is 0 Å². The second kappa shape index (κ2) is 11.2. The largest absolute Gasteiger partial charge is 0.646 e. The molecule has 0 aliphatic rings. The van der Waals surface area contributed by atoms with Gasteiger partial charge in [-0.15, -0.1) is 0 Å². The Labute approximate surface area is 80.9 Å². The summed E-state index contributed by atoms with van der Waals surface area (Å²) < 4.78 is 0. The van der Waals surface area contributed by atoms with Crippen LogP contribution in [0, 0.1) is 0 Å². The minimum Gasteiger partial charge on any atom is -0.646 e. The molecule has 3 nitrogen and oxygen atoms in total. The van der Waals surface area contributed by atoms with Gasteiger partial charge in [0.2, 0.25) is 0 Å². The van der Waals surface area contributed by atoms with Gasteiger partial charge in [0, 0.05) is 52.2 Å². The Hall–Kier alpha value is 0.404. The third-order valence-corrected chi connectivity index (χ3v) is 0.544. The second-order valence-corrected chi connectivity index (χ2v) is 1.20. The smallest absolute Gasteiger partial charge is 0.0386 e. The van der Waals surface area contributed by atoms with E-state index in [1.54, 1.807) is 26.5 Å². The number of aliphatic imine (C=N–C) groups is 2. The number of hydrogen-bond acceptors (Lipinski definition) is 2. The summed E-state index contributed by atoms with van der Waals surface area (Å²) in [6.45, 7) is 0.534. The fourth-order valence-corrected chi connectivity index (χ4v) is 0.243. The van der Waals surface area contributed by atoms with Crippen molar-refractivity contribution in [2.45, 2.75) is 0 Å². The Balaban J connectivity index is 0. The molecule has 0 atom stereocenters. The first-order chi connectivity index (χ1) is 3.91. The summed E-state index contributed by atoms with van der Waals surface area (Å²) >= 11 is 0. The van der Waals surface area contributed by atoms with Crippen molar-refractivity contribution in [1.82, 2.24) is 0 Å². The van der Waals surface area contributed by atoms with E-state index < -0.39 is 0 Å². The average molecular weight is 201 g/mol. The summed E-state index contributed by atoms with van der Waals surface area (Å²) in [4.78, 5) is 7.53. The Kier molecular flexibility index (Phi) is 15.1. The molecule has 0 amide bonds. The third-order valence-electron chi connectivity index (χ3n) is 0.544. The van der Waals surface area contributed by atoms with Gasteiger partial charge in [0.1, 0.15) is 0 Å². The molecule has 0 aromatic carbocycles. The maximum Gasteiger partial charge on any atom is 0.0386 e. The number of hydrogen-bond donors (Lipinski definition) is 0. The van der Waals surface area contributed by atoms with Crippen LogP contribution in [-0.2, 0) is 32.7 Å². The van der Waals surface area contributed by atoms with Crippen molar-refractivity contribution in [1.29, 1.82) is 0 Å². The Morgan fingerprint density at radius 3 is 2.56 bits per heavy atom. The molecule has 9 heavy (non-hydrogen) atoms. The van der Waals surface area contributed by atoms with Gasteiger partial charge in [0.15, 0.2) is 0 Å². The van der Waals surface area contributed by atoms with Crippen molar-refractivity contribution in [3.63, 3.8) is 0 Å². The first-order valence-corrected chi connectivity index (χ1v) is 2.38. The van der Waals surface area contributed by atoms with Crippen molar-refractivity contribution < 1.29 is 32.7 Å². The van der Waals surface area contributed by atoms with Gasteiger partial charge in [0.05, 0.1) is 0 Å². The van der Waals surface area contributed by atoms with Crippen LogP contribution >= 0.6 is 0 Å². The molecule has 0 bridgehead atoms. The van der Waals surface area contributed by atoms with Gasteiger partial charge in [-0.2, -0.15) is 7.05 Å². The van der Waals surface area contributed by atoms with E-state index >= 15 is 0 Å². The van der Waals surface area contributed by atoms with Gasteiger partial charge in [-0.05, 0) is 0 Å². The summed E-state index contributed by atoms with van der Waals surface area (Å²) in [5.41, 5.74) is 0. The van der Waals surface area contributed by atoms with Crippen molar-refractivity contribution in [2.24, 2.45) is 9.98 Å². The standard InChI is InChI=1S/C5H10N3.Y/c1-6-3-4-8-5-7-2;/h3-4H,5H2,1-2H3;/q-1;. The molecule has 0 unspecified atom stereocenters. The fraction of sp³-hybridized carbons (Fsp3) is 0.600. The summed E-state index contributed by atoms with van der Waals surface area (Å²) in [6, 6.07) is 0. The van der Waals surface area contributed by atoms with Crippen molar-refractivity contribution in [3.05, 3.63) is 5.32 Å². The Morgan fingerprint density at radius 1 is 1.44 bits per heavy atom. The predicted molar refractivity (Wildman–Crippen MR) is 37.1 cm³/mol. The van der Waals surface area contributed by atoms with E-state index in [9.17, 15) is 0 Å². The summed E-state index contributed by atoms with van der Waals surface area (Å²) in [5, 5.41) is 3.75. The van der Waals surface area contributed by atoms with Crippen LogP contribution in [0.1, 0.15) is 0 Å². The van der Waals surface area contributed by atoms with Crippen LogP contribution in [0.15, 0.2) is 9.98 Å². The zero-order valence-corrected chi connectivity index (χ0v) is 8.62. The second-order valence-electron chi connectivity index (χ2n) is 1.20. The van der Waals surface area contributed by atoms with Crippen molar-refractivity contribution >= 4 is 12.4 Å². The maximum atomic E-state index is 3.84. The third kappa shape index (κ3) is 11.8. The molecular weight excluding hydrogens is 191 g/mol. The molecule has 0 aromatic heterocycles. The van der Waals surface area contributed by atoms with Gasteiger partial charge >= 0.3 is 0 Å². The van der Waals surface area contributed by atoms with Crippen LogP contribution in [-0.4, -0.2) is 33.2 Å². The quantitative estimate of drug-likeness (QED) is 0.603. The molecule has 1 radical (unpaired) electrons. The SMILES string of the molecule is CN=CC=NC[N-]C.[Y]. The zero-order valence-electron chi connectivity index (χ0n) is 5.78. The Morgan fingerprint density at radius 2 is 2.11 bits per heavy atom. The van der Waals surface area contributed by atoms with E-state index in [-0.39, 0.29) is 32.7 Å². The molecule has 0 saturated heterocycles. The van der Waals surface area contributed by atoms with E-state index in [2.05, 4.69) is 15.3 Å². The molecule has 0 saturated carbocycles. The summed E-state index contributed by atoms with van der Waals surface area (Å²) in [7, 11) is 3.43. The molecule has 0 heterocycles. The molecule has 0 aliphatic heterocycles. The summed E-state index contributed by atoms with van der Waals surface area (Å²) in [5.74, 6) is 0. The minimum atomic E-state index is 0. The van der Waals surface area contributed by atoms with Gasteiger partial charge in [-0.1, -0.05) is 6.67 Å². The van der Waals surface area contributed by atoms with E-state index in [1.807, 2.05) is 0 Å². The average Bonchev–Trinajstić information content (AvgIpc) is 1.81. The normalized spacial score (nSPS) is 10.4. The van der Waals surface area contributed by atoms with Crippen LogP contribution in [0.25, 0.3) is 5.32 Å².